The Labute approximate surface area is 222 Å². The Bertz CT molecular complexity index is 1830. The lowest BCUT2D eigenvalue weighted by molar-refractivity contribution is 1.37. The Hall–Kier alpha value is -5.02. The fraction of sp³-hybridized carbons (Fsp3) is 0.0286. The van der Waals surface area contributed by atoms with Gasteiger partial charge in [0.2, 0.25) is 0 Å². The molecule has 0 aliphatic heterocycles. The van der Waals surface area contributed by atoms with Gasteiger partial charge in [0, 0.05) is 18.2 Å². The minimum atomic E-state index is 0.448. The maximum atomic E-state index is 6.40. The Kier molecular flexibility index (Phi) is 6.25. The van der Waals surface area contributed by atoms with Crippen LogP contribution in [0.5, 0.6) is 0 Å². The summed E-state index contributed by atoms with van der Waals surface area (Å²) in [6.45, 7) is 0. The van der Waals surface area contributed by atoms with Crippen LogP contribution < -0.4 is 5.73 Å². The summed E-state index contributed by atoms with van der Waals surface area (Å²) in [5, 5.41) is 4.78. The second-order valence-corrected chi connectivity index (χ2v) is 9.33. The zero-order valence-corrected chi connectivity index (χ0v) is 21.2. The van der Waals surface area contributed by atoms with Crippen molar-refractivity contribution >= 4 is 33.2 Å². The van der Waals surface area contributed by atoms with E-state index in [1.54, 1.807) is 7.05 Å². The van der Waals surface area contributed by atoms with E-state index in [4.69, 9.17) is 5.73 Å². The van der Waals surface area contributed by atoms with Crippen molar-refractivity contribution in [2.24, 2.45) is 15.7 Å². The van der Waals surface area contributed by atoms with E-state index in [2.05, 4.69) is 107 Å². The van der Waals surface area contributed by atoms with Gasteiger partial charge < -0.3 is 5.73 Å². The maximum Gasteiger partial charge on any atom is 0.156 e. The predicted molar refractivity (Wildman–Crippen MR) is 162 cm³/mol. The molecular formula is C35H27N3. The van der Waals surface area contributed by atoms with Crippen molar-refractivity contribution in [1.82, 2.24) is 0 Å². The van der Waals surface area contributed by atoms with Gasteiger partial charge >= 0.3 is 0 Å². The molecule has 0 atom stereocenters. The first-order valence-electron chi connectivity index (χ1n) is 12.7. The molecule has 6 aromatic rings. The van der Waals surface area contributed by atoms with Gasteiger partial charge in [-0.05, 0) is 68.1 Å². The van der Waals surface area contributed by atoms with Crippen LogP contribution in [0.2, 0.25) is 0 Å². The van der Waals surface area contributed by atoms with Gasteiger partial charge in [-0.15, -0.1) is 0 Å². The normalized spacial score (nSPS) is 12.2. The van der Waals surface area contributed by atoms with Crippen molar-refractivity contribution in [3.63, 3.8) is 0 Å². The molecule has 0 unspecified atom stereocenters. The zero-order chi connectivity index (χ0) is 25.9. The second-order valence-electron chi connectivity index (χ2n) is 9.33. The van der Waals surface area contributed by atoms with Crippen molar-refractivity contribution in [3.05, 3.63) is 145 Å². The predicted octanol–water partition coefficient (Wildman–Crippen LogP) is 8.11. The number of nitrogens with zero attached hydrogens (tertiary/aromatic N) is 2. The topological polar surface area (TPSA) is 50.7 Å². The Morgan fingerprint density at radius 1 is 0.474 bits per heavy atom. The third-order valence-corrected chi connectivity index (χ3v) is 6.88. The molecule has 3 heteroatoms. The highest BCUT2D eigenvalue weighted by Gasteiger charge is 2.08. The Morgan fingerprint density at radius 3 is 1.74 bits per heavy atom. The highest BCUT2D eigenvalue weighted by Crippen LogP contribution is 2.30. The van der Waals surface area contributed by atoms with Gasteiger partial charge in [-0.25, -0.2) is 4.99 Å². The number of hydrogen-bond donors (Lipinski definition) is 1. The largest absolute Gasteiger partial charge is 0.383 e. The summed E-state index contributed by atoms with van der Waals surface area (Å²) >= 11 is 0. The summed E-state index contributed by atoms with van der Waals surface area (Å²) in [4.78, 5) is 8.93. The Balaban J connectivity index is 1.30. The van der Waals surface area contributed by atoms with Gasteiger partial charge in [0.05, 0.1) is 0 Å². The summed E-state index contributed by atoms with van der Waals surface area (Å²) in [7, 11) is 1.73. The lowest BCUT2D eigenvalue weighted by Crippen LogP contribution is -2.16. The van der Waals surface area contributed by atoms with Crippen LogP contribution in [0.15, 0.2) is 143 Å². The molecule has 0 spiro atoms. The molecule has 0 bridgehead atoms. The van der Waals surface area contributed by atoms with Crippen molar-refractivity contribution < 1.29 is 0 Å². The zero-order valence-electron chi connectivity index (χ0n) is 21.2. The molecule has 0 aromatic heterocycles. The lowest BCUT2D eigenvalue weighted by Gasteiger charge is -2.10. The molecule has 0 saturated heterocycles. The number of hydrogen-bond acceptors (Lipinski definition) is 1. The molecule has 0 radical (unpaired) electrons. The number of nitrogens with two attached hydrogens (primary N) is 1. The van der Waals surface area contributed by atoms with Gasteiger partial charge in [-0.1, -0.05) is 109 Å². The highest BCUT2D eigenvalue weighted by molar-refractivity contribution is 6.11. The minimum absolute atomic E-state index is 0.448. The number of aliphatic imine (C=N–C) groups is 2. The van der Waals surface area contributed by atoms with E-state index < -0.39 is 0 Å². The molecule has 2 N–H and O–H groups in total. The number of amidine groups is 2. The quantitative estimate of drug-likeness (QED) is 0.197. The second kappa shape index (κ2) is 10.2. The molecule has 6 rings (SSSR count). The molecular weight excluding hydrogens is 462 g/mol. The molecule has 3 nitrogen and oxygen atoms in total. The smallest absolute Gasteiger partial charge is 0.156 e. The van der Waals surface area contributed by atoms with Crippen LogP contribution >= 0.6 is 0 Å². The van der Waals surface area contributed by atoms with Crippen LogP contribution in [0.4, 0.5) is 0 Å². The molecule has 0 fully saturated rings. The van der Waals surface area contributed by atoms with Crippen molar-refractivity contribution in [1.29, 1.82) is 0 Å². The van der Waals surface area contributed by atoms with Gasteiger partial charge in [0.25, 0.3) is 0 Å². The van der Waals surface area contributed by atoms with Crippen LogP contribution in [0.3, 0.4) is 0 Å². The minimum Gasteiger partial charge on any atom is -0.383 e. The van der Waals surface area contributed by atoms with Crippen molar-refractivity contribution in [2.75, 3.05) is 7.05 Å². The Morgan fingerprint density at radius 2 is 1.03 bits per heavy atom. The van der Waals surface area contributed by atoms with E-state index >= 15 is 0 Å². The number of benzene rings is 6. The molecule has 182 valence electrons. The van der Waals surface area contributed by atoms with E-state index in [9.17, 15) is 0 Å². The molecule has 0 heterocycles. The fourth-order valence-corrected chi connectivity index (χ4v) is 4.84. The van der Waals surface area contributed by atoms with Crippen LogP contribution in [-0.4, -0.2) is 18.7 Å². The molecule has 38 heavy (non-hydrogen) atoms. The fourth-order valence-electron chi connectivity index (χ4n) is 4.84. The third-order valence-electron chi connectivity index (χ3n) is 6.88. The monoisotopic (exact) mass is 489 g/mol. The highest BCUT2D eigenvalue weighted by atomic mass is 14.9. The van der Waals surface area contributed by atoms with Crippen molar-refractivity contribution in [2.45, 2.75) is 0 Å². The van der Waals surface area contributed by atoms with E-state index in [0.717, 1.165) is 21.9 Å². The molecule has 0 saturated carbocycles. The standard InChI is InChI=1S/C35H27N3/c1-37-35(25-9-3-2-4-10-25)38-34(36)33-19-18-31-22-30(16-17-32(31)23-33)28-13-7-12-27(21-28)29-15-14-24-8-5-6-11-26(24)20-29/h2-23H,1H3,(H2,36,37,38). The van der Waals surface area contributed by atoms with E-state index in [-0.39, 0.29) is 0 Å². The van der Waals surface area contributed by atoms with Gasteiger partial charge in [-0.2, -0.15) is 0 Å². The van der Waals surface area contributed by atoms with Crippen molar-refractivity contribution in [3.8, 4) is 22.3 Å². The average molecular weight is 490 g/mol. The number of rotatable bonds is 4. The maximum absolute atomic E-state index is 6.40. The summed E-state index contributed by atoms with van der Waals surface area (Å²) < 4.78 is 0. The molecule has 6 aromatic carbocycles. The van der Waals surface area contributed by atoms with Gasteiger partial charge in [-0.3, -0.25) is 4.99 Å². The first kappa shape index (κ1) is 23.4. The SMILES string of the molecule is CN=C(N=C(N)c1ccc2cc(-c3cccc(-c4ccc5ccccc5c4)c3)ccc2c1)c1ccccc1. The van der Waals surface area contributed by atoms with E-state index in [0.29, 0.717) is 11.7 Å². The van der Waals surface area contributed by atoms with Gasteiger partial charge in [0.1, 0.15) is 5.84 Å². The average Bonchev–Trinajstić information content (AvgIpc) is 2.99. The van der Waals surface area contributed by atoms with E-state index in [1.165, 1.54) is 33.0 Å². The summed E-state index contributed by atoms with van der Waals surface area (Å²) in [6, 6.07) is 46.5. The summed E-state index contributed by atoms with van der Waals surface area (Å²) in [5.74, 6) is 1.06. The van der Waals surface area contributed by atoms with Crippen LogP contribution in [0.25, 0.3) is 43.8 Å². The first-order chi connectivity index (χ1) is 18.7. The van der Waals surface area contributed by atoms with Crippen LogP contribution in [0.1, 0.15) is 11.1 Å². The third kappa shape index (κ3) is 4.70. The van der Waals surface area contributed by atoms with Crippen LogP contribution in [-0.2, 0) is 0 Å². The van der Waals surface area contributed by atoms with E-state index in [1.807, 2.05) is 36.4 Å². The lowest BCUT2D eigenvalue weighted by atomic mass is 9.95. The van der Waals surface area contributed by atoms with Crippen LogP contribution in [0, 0.1) is 0 Å². The molecule has 0 aliphatic carbocycles. The first-order valence-corrected chi connectivity index (χ1v) is 12.7. The molecule has 0 amide bonds. The summed E-state index contributed by atoms with van der Waals surface area (Å²) in [5.41, 5.74) is 13.0. The molecule has 0 aliphatic rings. The summed E-state index contributed by atoms with van der Waals surface area (Å²) in [6.07, 6.45) is 0. The van der Waals surface area contributed by atoms with Gasteiger partial charge in [0.15, 0.2) is 5.84 Å². The number of fused-ring (bicyclic) bond motifs is 2.